The number of halogens is 2. The predicted octanol–water partition coefficient (Wildman–Crippen LogP) is 1.52. The molecule has 2 amide bonds. The van der Waals surface area contributed by atoms with Gasteiger partial charge in [0.25, 0.3) is 5.91 Å². The lowest BCUT2D eigenvalue weighted by Crippen LogP contribution is -2.44. The summed E-state index contributed by atoms with van der Waals surface area (Å²) in [5.74, 6) is -2.81. The van der Waals surface area contributed by atoms with Crippen molar-refractivity contribution in [3.8, 4) is 0 Å². The minimum atomic E-state index is -5.72. The maximum atomic E-state index is 13.8. The fraction of sp³-hybridized carbons (Fsp3) is 0.235. The molecule has 2 rings (SSSR count). The van der Waals surface area contributed by atoms with E-state index in [1.807, 2.05) is 0 Å². The highest BCUT2D eigenvalue weighted by atomic mass is 31.2. The van der Waals surface area contributed by atoms with Crippen LogP contribution in [0.3, 0.4) is 0 Å². The molecule has 0 aliphatic rings. The van der Waals surface area contributed by atoms with Crippen LogP contribution in [0.25, 0.3) is 10.8 Å². The maximum absolute atomic E-state index is 13.8. The molecule has 0 saturated heterocycles. The fourth-order valence-electron chi connectivity index (χ4n) is 2.54. The summed E-state index contributed by atoms with van der Waals surface area (Å²) < 4.78 is 38.7. The molecule has 0 aliphatic heterocycles. The number of amides is 2. The Labute approximate surface area is 162 Å². The quantitative estimate of drug-likeness (QED) is 0.396. The number of benzene rings is 2. The Morgan fingerprint density at radius 1 is 1.10 bits per heavy atom. The number of alkyl halides is 2. The summed E-state index contributed by atoms with van der Waals surface area (Å²) in [6.07, 6.45) is -0.590. The van der Waals surface area contributed by atoms with Gasteiger partial charge in [-0.3, -0.25) is 18.9 Å². The van der Waals surface area contributed by atoms with Gasteiger partial charge in [-0.05, 0) is 35.4 Å². The number of hydrogen-bond acceptors (Lipinski definition) is 4. The van der Waals surface area contributed by atoms with Crippen LogP contribution in [-0.4, -0.2) is 38.7 Å². The third-order valence-electron chi connectivity index (χ3n) is 4.11. The molecule has 1 atom stereocenters. The molecule has 0 saturated carbocycles. The maximum Gasteiger partial charge on any atom is 0.399 e. The van der Waals surface area contributed by atoms with E-state index in [9.17, 15) is 27.7 Å². The van der Waals surface area contributed by atoms with Gasteiger partial charge in [-0.1, -0.05) is 18.2 Å². The number of fused-ring (bicyclic) bond motifs is 1. The van der Waals surface area contributed by atoms with Crippen molar-refractivity contribution in [1.82, 2.24) is 5.32 Å². The third-order valence-corrected chi connectivity index (χ3v) is 5.10. The molecule has 0 heterocycles. The van der Waals surface area contributed by atoms with Gasteiger partial charge in [-0.2, -0.15) is 8.78 Å². The van der Waals surface area contributed by atoms with Crippen LogP contribution in [-0.2, 0) is 19.8 Å². The van der Waals surface area contributed by atoms with E-state index < -0.39 is 42.6 Å². The van der Waals surface area contributed by atoms with Crippen LogP contribution in [0.4, 0.5) is 8.78 Å². The standard InChI is InChI=1S/C17H17F2N2O7P/c18-17(19,29(26,27)28)12-4-3-9-7-11(2-1-10(9)8-12)16(25)21-13(15(20)24)5-6-14(22)23/h1-4,7-8,13H,5-6H2,(H2,20,24)(H,21,25)(H,22,23)(H2,26,27,28)/t13-/m0/s1. The van der Waals surface area contributed by atoms with Crippen LogP contribution in [0.5, 0.6) is 0 Å². The van der Waals surface area contributed by atoms with Crippen molar-refractivity contribution in [2.75, 3.05) is 0 Å². The van der Waals surface area contributed by atoms with Crippen molar-refractivity contribution >= 4 is 36.2 Å². The molecule has 0 spiro atoms. The van der Waals surface area contributed by atoms with Gasteiger partial charge in [0.15, 0.2) is 0 Å². The zero-order valence-electron chi connectivity index (χ0n) is 14.7. The fourth-order valence-corrected chi connectivity index (χ4v) is 3.01. The van der Waals surface area contributed by atoms with Gasteiger partial charge in [0, 0.05) is 17.5 Å². The molecule has 0 aliphatic carbocycles. The Morgan fingerprint density at radius 2 is 1.69 bits per heavy atom. The number of primary amides is 1. The molecule has 12 heteroatoms. The van der Waals surface area contributed by atoms with Crippen molar-refractivity contribution in [2.24, 2.45) is 5.73 Å². The van der Waals surface area contributed by atoms with E-state index in [4.69, 9.17) is 20.6 Å². The van der Waals surface area contributed by atoms with Crippen LogP contribution in [0.2, 0.25) is 0 Å². The number of rotatable bonds is 8. The van der Waals surface area contributed by atoms with Crippen molar-refractivity contribution in [3.63, 3.8) is 0 Å². The van der Waals surface area contributed by atoms with E-state index in [0.717, 1.165) is 12.1 Å². The molecular formula is C17H17F2N2O7P. The summed E-state index contributed by atoms with van der Waals surface area (Å²) in [6.45, 7) is 0. The highest BCUT2D eigenvalue weighted by Crippen LogP contribution is 2.59. The first-order valence-electron chi connectivity index (χ1n) is 8.12. The smallest absolute Gasteiger partial charge is 0.399 e. The average Bonchev–Trinajstić information content (AvgIpc) is 2.62. The molecule has 156 valence electrons. The molecule has 6 N–H and O–H groups in total. The topological polar surface area (TPSA) is 167 Å². The second-order valence-electron chi connectivity index (χ2n) is 6.22. The Balaban J connectivity index is 2.28. The molecule has 0 radical (unpaired) electrons. The minimum absolute atomic E-state index is 0.0496. The molecule has 0 bridgehead atoms. The predicted molar refractivity (Wildman–Crippen MR) is 97.2 cm³/mol. The molecular weight excluding hydrogens is 413 g/mol. The van der Waals surface area contributed by atoms with Crippen molar-refractivity contribution in [1.29, 1.82) is 0 Å². The lowest BCUT2D eigenvalue weighted by Gasteiger charge is -2.18. The number of carbonyl (C=O) groups excluding carboxylic acids is 2. The number of nitrogens with one attached hydrogen (secondary N) is 1. The van der Waals surface area contributed by atoms with Crippen molar-refractivity contribution in [3.05, 3.63) is 47.5 Å². The summed E-state index contributed by atoms with van der Waals surface area (Å²) in [5, 5.41) is 11.5. The summed E-state index contributed by atoms with van der Waals surface area (Å²) in [4.78, 5) is 52.0. The summed E-state index contributed by atoms with van der Waals surface area (Å²) >= 11 is 0. The zero-order chi connectivity index (χ0) is 22.0. The Hall–Kier alpha value is -2.88. The van der Waals surface area contributed by atoms with Gasteiger partial charge >= 0.3 is 19.2 Å². The van der Waals surface area contributed by atoms with Gasteiger partial charge in [-0.25, -0.2) is 0 Å². The largest absolute Gasteiger partial charge is 0.481 e. The van der Waals surface area contributed by atoms with E-state index in [2.05, 4.69) is 5.32 Å². The molecule has 0 unspecified atom stereocenters. The molecule has 29 heavy (non-hydrogen) atoms. The van der Waals surface area contributed by atoms with Crippen molar-refractivity contribution < 1.29 is 42.6 Å². The van der Waals surface area contributed by atoms with E-state index in [0.29, 0.717) is 5.39 Å². The van der Waals surface area contributed by atoms with E-state index >= 15 is 0 Å². The van der Waals surface area contributed by atoms with Gasteiger partial charge in [0.1, 0.15) is 6.04 Å². The second-order valence-corrected chi connectivity index (χ2v) is 7.87. The zero-order valence-corrected chi connectivity index (χ0v) is 15.6. The second kappa shape index (κ2) is 8.24. The van der Waals surface area contributed by atoms with Crippen LogP contribution < -0.4 is 11.1 Å². The Bertz CT molecular complexity index is 1020. The number of aliphatic carboxylic acids is 1. The van der Waals surface area contributed by atoms with Crippen LogP contribution >= 0.6 is 7.60 Å². The first-order valence-corrected chi connectivity index (χ1v) is 9.74. The van der Waals surface area contributed by atoms with Crippen molar-refractivity contribution in [2.45, 2.75) is 24.5 Å². The monoisotopic (exact) mass is 430 g/mol. The van der Waals surface area contributed by atoms with Gasteiger partial charge in [-0.15, -0.1) is 0 Å². The molecule has 0 aromatic heterocycles. The van der Waals surface area contributed by atoms with Gasteiger partial charge in [0.05, 0.1) is 0 Å². The van der Waals surface area contributed by atoms with E-state index in [1.165, 1.54) is 24.3 Å². The lowest BCUT2D eigenvalue weighted by molar-refractivity contribution is -0.137. The molecule has 9 nitrogen and oxygen atoms in total. The summed E-state index contributed by atoms with van der Waals surface area (Å²) in [6, 6.07) is 5.56. The molecule has 2 aromatic rings. The van der Waals surface area contributed by atoms with Crippen LogP contribution in [0.1, 0.15) is 28.8 Å². The van der Waals surface area contributed by atoms with Crippen LogP contribution in [0, 0.1) is 0 Å². The Morgan fingerprint density at radius 3 is 2.24 bits per heavy atom. The van der Waals surface area contributed by atoms with Gasteiger partial charge < -0.3 is 25.9 Å². The third kappa shape index (κ3) is 5.14. The van der Waals surface area contributed by atoms with E-state index in [-0.39, 0.29) is 23.8 Å². The summed E-state index contributed by atoms with van der Waals surface area (Å²) in [7, 11) is -5.72. The number of carboxylic acids is 1. The number of carbonyl (C=O) groups is 3. The number of carboxylic acid groups (broad SMARTS) is 1. The highest BCUT2D eigenvalue weighted by molar-refractivity contribution is 7.52. The number of nitrogens with two attached hydrogens (primary N) is 1. The SMILES string of the molecule is NC(=O)[C@H](CCC(=O)O)NC(=O)c1ccc2cc(C(F)(F)P(=O)(O)O)ccc2c1. The van der Waals surface area contributed by atoms with E-state index in [1.54, 1.807) is 0 Å². The highest BCUT2D eigenvalue weighted by Gasteiger charge is 2.50. The van der Waals surface area contributed by atoms with Crippen LogP contribution in [0.15, 0.2) is 36.4 Å². The molecule has 2 aromatic carbocycles. The summed E-state index contributed by atoms with van der Waals surface area (Å²) in [5.41, 5.74) is -0.0413. The van der Waals surface area contributed by atoms with Gasteiger partial charge in [0.2, 0.25) is 5.91 Å². The first kappa shape index (κ1) is 22.4. The first-order chi connectivity index (χ1) is 13.3. The lowest BCUT2D eigenvalue weighted by atomic mass is 10.0. The Kier molecular flexibility index (Phi) is 6.37. The molecule has 0 fully saturated rings. The normalized spacial score (nSPS) is 13.1. The average molecular weight is 430 g/mol. The number of hydrogen-bond donors (Lipinski definition) is 5. The minimum Gasteiger partial charge on any atom is -0.481 e.